The molecule has 0 N–H and O–H groups in total. The molecule has 0 spiro atoms. The van der Waals surface area contributed by atoms with E-state index in [0.29, 0.717) is 22.4 Å². The van der Waals surface area contributed by atoms with Crippen LogP contribution in [0.2, 0.25) is 0 Å². The molecule has 0 saturated carbocycles. The average molecular weight is 301 g/mol. The molecule has 0 aliphatic carbocycles. The van der Waals surface area contributed by atoms with Gasteiger partial charge in [-0.05, 0) is 17.7 Å². The zero-order valence-corrected chi connectivity index (χ0v) is 12.2. The number of rotatable bonds is 2. The maximum Gasteiger partial charge on any atom is 0.278 e. The fourth-order valence-corrected chi connectivity index (χ4v) is 2.83. The minimum absolute atomic E-state index is 0.275. The van der Waals surface area contributed by atoms with E-state index in [1.54, 1.807) is 24.3 Å². The number of amides is 1. The Morgan fingerprint density at radius 1 is 0.696 bits per heavy atom. The number of carbonyl (C=O) groups is 1. The van der Waals surface area contributed by atoms with Gasteiger partial charge in [-0.2, -0.15) is 0 Å². The number of nitrogens with zero attached hydrogens (tertiary/aromatic N) is 1. The van der Waals surface area contributed by atoms with Crippen molar-refractivity contribution in [1.82, 2.24) is 0 Å². The maximum absolute atomic E-state index is 14.5. The molecule has 23 heavy (non-hydrogen) atoms. The van der Waals surface area contributed by atoms with E-state index in [1.165, 1.54) is 6.07 Å². The van der Waals surface area contributed by atoms with E-state index in [-0.39, 0.29) is 11.7 Å². The first kappa shape index (κ1) is 13.6. The zero-order chi connectivity index (χ0) is 15.8. The molecule has 0 bridgehead atoms. The molecule has 0 radical (unpaired) electrons. The number of halogens is 1. The van der Waals surface area contributed by atoms with E-state index >= 15 is 0 Å². The van der Waals surface area contributed by atoms with Crippen LogP contribution in [0.15, 0.2) is 77.8 Å². The van der Waals surface area contributed by atoms with Gasteiger partial charge in [0.15, 0.2) is 0 Å². The van der Waals surface area contributed by atoms with Crippen molar-refractivity contribution in [2.24, 2.45) is 4.99 Å². The maximum atomic E-state index is 14.5. The van der Waals surface area contributed by atoms with Crippen molar-refractivity contribution in [1.29, 1.82) is 0 Å². The second-order valence-corrected chi connectivity index (χ2v) is 5.37. The number of carbonyl (C=O) groups excluding carboxylic acids is 1. The summed E-state index contributed by atoms with van der Waals surface area (Å²) in [5.74, 6) is -0.601. The molecule has 0 fully saturated rings. The molecule has 1 amide bonds. The largest absolute Gasteiger partial charge is 0.278 e. The molecule has 2 nitrogen and oxygen atoms in total. The Kier molecular flexibility index (Phi) is 3.12. The number of hydrogen-bond donors (Lipinski definition) is 0. The van der Waals surface area contributed by atoms with Crippen LogP contribution in [0.25, 0.3) is 11.1 Å². The van der Waals surface area contributed by atoms with Crippen molar-refractivity contribution < 1.29 is 9.18 Å². The number of fused-ring (bicyclic) bond motifs is 1. The Morgan fingerprint density at radius 2 is 1.39 bits per heavy atom. The molecule has 1 heterocycles. The van der Waals surface area contributed by atoms with E-state index in [4.69, 9.17) is 0 Å². The van der Waals surface area contributed by atoms with Crippen molar-refractivity contribution >= 4 is 11.6 Å². The van der Waals surface area contributed by atoms with Gasteiger partial charge in [0, 0.05) is 16.7 Å². The van der Waals surface area contributed by atoms with Gasteiger partial charge in [-0.25, -0.2) is 9.38 Å². The molecular formula is C20H12FNO. The third kappa shape index (κ3) is 2.27. The van der Waals surface area contributed by atoms with Crippen LogP contribution in [0.5, 0.6) is 0 Å². The predicted octanol–water partition coefficient (Wildman–Crippen LogP) is 4.48. The van der Waals surface area contributed by atoms with Crippen LogP contribution >= 0.6 is 0 Å². The van der Waals surface area contributed by atoms with Crippen molar-refractivity contribution in [3.8, 4) is 11.1 Å². The third-order valence-corrected chi connectivity index (χ3v) is 3.95. The molecule has 3 heteroatoms. The lowest BCUT2D eigenvalue weighted by atomic mass is 9.97. The van der Waals surface area contributed by atoms with Crippen LogP contribution in [0.1, 0.15) is 21.5 Å². The summed E-state index contributed by atoms with van der Waals surface area (Å²) < 4.78 is 14.5. The molecule has 1 aliphatic heterocycles. The molecule has 1 aliphatic rings. The first-order valence-electron chi connectivity index (χ1n) is 7.32. The van der Waals surface area contributed by atoms with Crippen LogP contribution in [0.4, 0.5) is 4.39 Å². The van der Waals surface area contributed by atoms with E-state index in [0.717, 1.165) is 11.1 Å². The van der Waals surface area contributed by atoms with E-state index < -0.39 is 0 Å². The van der Waals surface area contributed by atoms with Crippen molar-refractivity contribution in [3.05, 3.63) is 95.3 Å². The number of hydrogen-bond acceptors (Lipinski definition) is 1. The molecule has 0 atom stereocenters. The summed E-state index contributed by atoms with van der Waals surface area (Å²) in [5.41, 5.74) is 3.82. The van der Waals surface area contributed by atoms with Gasteiger partial charge in [-0.15, -0.1) is 0 Å². The van der Waals surface area contributed by atoms with Gasteiger partial charge in [-0.1, -0.05) is 60.7 Å². The highest BCUT2D eigenvalue weighted by Gasteiger charge is 2.24. The molecule has 3 aromatic rings. The van der Waals surface area contributed by atoms with Gasteiger partial charge in [-0.3, -0.25) is 4.79 Å². The van der Waals surface area contributed by atoms with Crippen molar-refractivity contribution in [3.63, 3.8) is 0 Å². The Morgan fingerprint density at radius 3 is 2.13 bits per heavy atom. The van der Waals surface area contributed by atoms with E-state index in [1.807, 2.05) is 42.5 Å². The second kappa shape index (κ2) is 5.29. The molecule has 0 saturated heterocycles. The summed E-state index contributed by atoms with van der Waals surface area (Å²) in [6.07, 6.45) is 0. The molecule has 4 rings (SSSR count). The fourth-order valence-electron chi connectivity index (χ4n) is 2.83. The van der Waals surface area contributed by atoms with E-state index in [2.05, 4.69) is 4.99 Å². The van der Waals surface area contributed by atoms with Crippen molar-refractivity contribution in [2.75, 3.05) is 0 Å². The summed E-state index contributed by atoms with van der Waals surface area (Å²) in [6, 6.07) is 21.6. The Bertz CT molecular complexity index is 945. The van der Waals surface area contributed by atoms with Gasteiger partial charge in [0.1, 0.15) is 5.82 Å². The molecule has 0 aromatic heterocycles. The minimum Gasteiger partial charge on any atom is -0.267 e. The molecular weight excluding hydrogens is 289 g/mol. The lowest BCUT2D eigenvalue weighted by Crippen LogP contribution is -2.01. The molecule has 3 aromatic carbocycles. The van der Waals surface area contributed by atoms with Crippen LogP contribution in [-0.2, 0) is 0 Å². The molecule has 0 unspecified atom stereocenters. The number of aliphatic imine (C=N–C) groups is 1. The van der Waals surface area contributed by atoms with Gasteiger partial charge in [0.05, 0.1) is 11.3 Å². The van der Waals surface area contributed by atoms with Crippen molar-refractivity contribution in [2.45, 2.75) is 0 Å². The summed E-state index contributed by atoms with van der Waals surface area (Å²) >= 11 is 0. The quantitative estimate of drug-likeness (QED) is 0.686. The van der Waals surface area contributed by atoms with Crippen LogP contribution in [-0.4, -0.2) is 11.6 Å². The third-order valence-electron chi connectivity index (χ3n) is 3.95. The smallest absolute Gasteiger partial charge is 0.267 e. The summed E-state index contributed by atoms with van der Waals surface area (Å²) in [7, 11) is 0. The molecule has 110 valence electrons. The highest BCUT2D eigenvalue weighted by Crippen LogP contribution is 2.27. The van der Waals surface area contributed by atoms with Crippen LogP contribution in [0.3, 0.4) is 0 Å². The Labute approximate surface area is 132 Å². The predicted molar refractivity (Wildman–Crippen MR) is 88.2 cm³/mol. The van der Waals surface area contributed by atoms with Gasteiger partial charge >= 0.3 is 0 Å². The number of benzene rings is 3. The van der Waals surface area contributed by atoms with Gasteiger partial charge in [0.25, 0.3) is 5.91 Å². The average Bonchev–Trinajstić information content (AvgIpc) is 2.93. The zero-order valence-electron chi connectivity index (χ0n) is 12.2. The van der Waals surface area contributed by atoms with E-state index in [9.17, 15) is 9.18 Å². The van der Waals surface area contributed by atoms with Crippen LogP contribution in [0, 0.1) is 5.82 Å². The lowest BCUT2D eigenvalue weighted by molar-refractivity contribution is 0.101. The summed E-state index contributed by atoms with van der Waals surface area (Å²) in [5, 5.41) is 0. The highest BCUT2D eigenvalue weighted by atomic mass is 19.1. The normalized spacial score (nSPS) is 12.9. The van der Waals surface area contributed by atoms with Crippen LogP contribution < -0.4 is 0 Å². The summed E-state index contributed by atoms with van der Waals surface area (Å²) in [6.45, 7) is 0. The first-order valence-corrected chi connectivity index (χ1v) is 7.32. The lowest BCUT2D eigenvalue weighted by Gasteiger charge is -2.07. The topological polar surface area (TPSA) is 29.4 Å². The standard InChI is InChI=1S/C20H12FNO/c21-18-12-14(10-11-15(18)13-6-2-1-3-7-13)19-16-8-4-5-9-17(16)20(23)22-19/h1-12H. The van der Waals surface area contributed by atoms with Gasteiger partial charge < -0.3 is 0 Å². The summed E-state index contributed by atoms with van der Waals surface area (Å²) in [4.78, 5) is 16.0. The fraction of sp³-hybridized carbons (Fsp3) is 0. The Balaban J connectivity index is 1.79. The SMILES string of the molecule is O=C1N=C(c2ccc(-c3ccccc3)c(F)c2)c2ccccc21. The van der Waals surface area contributed by atoms with Gasteiger partial charge in [0.2, 0.25) is 0 Å². The second-order valence-electron chi connectivity index (χ2n) is 5.37. The minimum atomic E-state index is -0.326. The highest BCUT2D eigenvalue weighted by molar-refractivity contribution is 6.27. The Hall–Kier alpha value is -3.07. The first-order chi connectivity index (χ1) is 11.2. The monoisotopic (exact) mass is 301 g/mol.